The Balaban J connectivity index is 1.92. The first-order valence-electron chi connectivity index (χ1n) is 4.22. The third-order valence-electron chi connectivity index (χ3n) is 2.12. The van der Waals surface area contributed by atoms with E-state index < -0.39 is 0 Å². The van der Waals surface area contributed by atoms with Gasteiger partial charge in [-0.3, -0.25) is 4.99 Å². The molecule has 62 valence electrons. The molecule has 0 radical (unpaired) electrons. The Bertz CT molecular complexity index is 161. The normalized spacial score (nSPS) is 31.3. The summed E-state index contributed by atoms with van der Waals surface area (Å²) in [6, 6.07) is 0. The van der Waals surface area contributed by atoms with Crippen LogP contribution in [0.5, 0.6) is 0 Å². The van der Waals surface area contributed by atoms with E-state index in [0.717, 1.165) is 38.7 Å². The second-order valence-corrected chi connectivity index (χ2v) is 2.98. The molecule has 2 heterocycles. The third-order valence-corrected chi connectivity index (χ3v) is 2.12. The van der Waals surface area contributed by atoms with Gasteiger partial charge in [0.25, 0.3) is 0 Å². The van der Waals surface area contributed by atoms with Gasteiger partial charge in [0.05, 0.1) is 19.1 Å². The molecule has 3 heteroatoms. The van der Waals surface area contributed by atoms with Gasteiger partial charge in [0.15, 0.2) is 5.90 Å². The lowest BCUT2D eigenvalue weighted by molar-refractivity contribution is 0.0698. The highest BCUT2D eigenvalue weighted by Gasteiger charge is 2.23. The summed E-state index contributed by atoms with van der Waals surface area (Å²) in [6.45, 7) is 3.32. The largest absolute Gasteiger partial charge is 0.479 e. The highest BCUT2D eigenvalue weighted by atomic mass is 16.5. The first-order chi connectivity index (χ1) is 5.47. The first-order valence-corrected chi connectivity index (χ1v) is 4.22. The SMILES string of the molecule is C1COC[C@@H](C2=NCCO2)C1. The fourth-order valence-corrected chi connectivity index (χ4v) is 1.53. The highest BCUT2D eigenvalue weighted by molar-refractivity contribution is 5.80. The van der Waals surface area contributed by atoms with Crippen LogP contribution in [0.3, 0.4) is 0 Å². The number of rotatable bonds is 1. The summed E-state index contributed by atoms with van der Waals surface area (Å²) in [5, 5.41) is 0. The molecule has 0 spiro atoms. The van der Waals surface area contributed by atoms with Gasteiger partial charge in [-0.25, -0.2) is 0 Å². The fourth-order valence-electron chi connectivity index (χ4n) is 1.53. The van der Waals surface area contributed by atoms with Crippen LogP contribution in [0.4, 0.5) is 0 Å². The van der Waals surface area contributed by atoms with Crippen molar-refractivity contribution in [2.45, 2.75) is 12.8 Å². The van der Waals surface area contributed by atoms with Gasteiger partial charge in [-0.1, -0.05) is 0 Å². The molecule has 0 saturated carbocycles. The molecule has 0 aromatic carbocycles. The van der Waals surface area contributed by atoms with Crippen molar-refractivity contribution in [3.8, 4) is 0 Å². The lowest BCUT2D eigenvalue weighted by atomic mass is 10.0. The Morgan fingerprint density at radius 3 is 3.00 bits per heavy atom. The van der Waals surface area contributed by atoms with Gasteiger partial charge in [0.1, 0.15) is 6.61 Å². The average molecular weight is 155 g/mol. The smallest absolute Gasteiger partial charge is 0.188 e. The number of aliphatic imine (C=N–C) groups is 1. The van der Waals surface area contributed by atoms with Gasteiger partial charge in [-0.05, 0) is 12.8 Å². The van der Waals surface area contributed by atoms with E-state index in [4.69, 9.17) is 9.47 Å². The van der Waals surface area contributed by atoms with Crippen LogP contribution in [0.15, 0.2) is 4.99 Å². The molecule has 0 unspecified atom stereocenters. The monoisotopic (exact) mass is 155 g/mol. The van der Waals surface area contributed by atoms with Gasteiger partial charge in [0, 0.05) is 6.61 Å². The number of ether oxygens (including phenoxy) is 2. The van der Waals surface area contributed by atoms with Crippen LogP contribution >= 0.6 is 0 Å². The molecule has 1 atom stereocenters. The van der Waals surface area contributed by atoms with Gasteiger partial charge >= 0.3 is 0 Å². The Kier molecular flexibility index (Phi) is 2.08. The van der Waals surface area contributed by atoms with Crippen LogP contribution < -0.4 is 0 Å². The van der Waals surface area contributed by atoms with Crippen molar-refractivity contribution >= 4 is 5.90 Å². The van der Waals surface area contributed by atoms with Crippen molar-refractivity contribution < 1.29 is 9.47 Å². The van der Waals surface area contributed by atoms with Crippen LogP contribution in [0.1, 0.15) is 12.8 Å². The molecule has 2 rings (SSSR count). The van der Waals surface area contributed by atoms with Crippen LogP contribution in [0.25, 0.3) is 0 Å². The van der Waals surface area contributed by atoms with Gasteiger partial charge in [-0.2, -0.15) is 0 Å². The average Bonchev–Trinajstić information content (AvgIpc) is 2.58. The van der Waals surface area contributed by atoms with Crippen molar-refractivity contribution in [2.75, 3.05) is 26.4 Å². The maximum Gasteiger partial charge on any atom is 0.188 e. The molecule has 0 aromatic heterocycles. The van der Waals surface area contributed by atoms with E-state index in [-0.39, 0.29) is 0 Å². The quantitative estimate of drug-likeness (QED) is 0.562. The molecule has 2 aliphatic rings. The summed E-state index contributed by atoms with van der Waals surface area (Å²) >= 11 is 0. The van der Waals surface area contributed by atoms with Crippen LogP contribution in [0, 0.1) is 5.92 Å². The van der Waals surface area contributed by atoms with Crippen molar-refractivity contribution in [1.82, 2.24) is 0 Å². The lowest BCUT2D eigenvalue weighted by Crippen LogP contribution is -2.25. The van der Waals surface area contributed by atoms with Crippen molar-refractivity contribution in [2.24, 2.45) is 10.9 Å². The minimum absolute atomic E-state index is 0.450. The van der Waals surface area contributed by atoms with Crippen molar-refractivity contribution in [3.63, 3.8) is 0 Å². The van der Waals surface area contributed by atoms with Crippen LogP contribution in [0.2, 0.25) is 0 Å². The molecule has 0 aromatic rings. The Hall–Kier alpha value is -0.570. The maximum absolute atomic E-state index is 5.36. The zero-order valence-corrected chi connectivity index (χ0v) is 6.58. The molecule has 3 nitrogen and oxygen atoms in total. The zero-order valence-electron chi connectivity index (χ0n) is 6.58. The molecule has 0 N–H and O–H groups in total. The summed E-state index contributed by atoms with van der Waals surface area (Å²) < 4.78 is 10.7. The standard InChI is InChI=1S/C8H13NO2/c1-2-7(6-10-4-1)8-9-3-5-11-8/h7H,1-6H2/t7-/m0/s1. The third kappa shape index (κ3) is 1.53. The molecule has 0 aliphatic carbocycles. The molecule has 1 fully saturated rings. The number of hydrogen-bond acceptors (Lipinski definition) is 3. The molecule has 11 heavy (non-hydrogen) atoms. The van der Waals surface area contributed by atoms with E-state index in [9.17, 15) is 0 Å². The second kappa shape index (κ2) is 3.22. The topological polar surface area (TPSA) is 30.8 Å². The molecule has 2 aliphatic heterocycles. The Morgan fingerprint density at radius 2 is 2.36 bits per heavy atom. The van der Waals surface area contributed by atoms with Gasteiger partial charge < -0.3 is 9.47 Å². The van der Waals surface area contributed by atoms with Crippen molar-refractivity contribution in [3.05, 3.63) is 0 Å². The summed E-state index contributed by atoms with van der Waals surface area (Å²) in [5.74, 6) is 1.39. The van der Waals surface area contributed by atoms with E-state index in [0.29, 0.717) is 5.92 Å². The number of hydrogen-bond donors (Lipinski definition) is 0. The second-order valence-electron chi connectivity index (χ2n) is 2.98. The van der Waals surface area contributed by atoms with E-state index >= 15 is 0 Å². The summed E-state index contributed by atoms with van der Waals surface area (Å²) in [5.41, 5.74) is 0. The summed E-state index contributed by atoms with van der Waals surface area (Å²) in [6.07, 6.45) is 2.33. The van der Waals surface area contributed by atoms with Crippen molar-refractivity contribution in [1.29, 1.82) is 0 Å². The van der Waals surface area contributed by atoms with Crippen LogP contribution in [-0.4, -0.2) is 32.3 Å². The van der Waals surface area contributed by atoms with Crippen LogP contribution in [-0.2, 0) is 9.47 Å². The molecule has 0 bridgehead atoms. The Labute approximate surface area is 66.4 Å². The van der Waals surface area contributed by atoms with Gasteiger partial charge in [-0.15, -0.1) is 0 Å². The fraction of sp³-hybridized carbons (Fsp3) is 0.875. The van der Waals surface area contributed by atoms with E-state index in [1.807, 2.05) is 0 Å². The number of nitrogens with zero attached hydrogens (tertiary/aromatic N) is 1. The van der Waals surface area contributed by atoms with E-state index in [1.54, 1.807) is 0 Å². The molecular formula is C8H13NO2. The summed E-state index contributed by atoms with van der Waals surface area (Å²) in [7, 11) is 0. The predicted octanol–water partition coefficient (Wildman–Crippen LogP) is 0.842. The Morgan fingerprint density at radius 1 is 1.36 bits per heavy atom. The van der Waals surface area contributed by atoms with E-state index in [1.165, 1.54) is 6.42 Å². The highest BCUT2D eigenvalue weighted by Crippen LogP contribution is 2.17. The zero-order chi connectivity index (χ0) is 7.52. The lowest BCUT2D eigenvalue weighted by Gasteiger charge is -2.20. The summed E-state index contributed by atoms with van der Waals surface area (Å²) in [4.78, 5) is 4.27. The molecule has 1 saturated heterocycles. The molecule has 0 amide bonds. The predicted molar refractivity (Wildman–Crippen MR) is 41.8 cm³/mol. The minimum Gasteiger partial charge on any atom is -0.479 e. The molecular weight excluding hydrogens is 142 g/mol. The van der Waals surface area contributed by atoms with E-state index in [2.05, 4.69) is 4.99 Å². The van der Waals surface area contributed by atoms with Gasteiger partial charge in [0.2, 0.25) is 0 Å². The maximum atomic E-state index is 5.36. The minimum atomic E-state index is 0.450. The first kappa shape index (κ1) is 7.10.